The van der Waals surface area contributed by atoms with E-state index in [9.17, 15) is 5.11 Å². The van der Waals surface area contributed by atoms with E-state index in [1.165, 1.54) is 0 Å². The number of ether oxygens (including phenoxy) is 1. The van der Waals surface area contributed by atoms with Gasteiger partial charge in [-0.25, -0.2) is 0 Å². The minimum atomic E-state index is -0.652. The molecule has 0 saturated heterocycles. The highest BCUT2D eigenvalue weighted by Gasteiger charge is 2.24. The van der Waals surface area contributed by atoms with E-state index >= 15 is 0 Å². The van der Waals surface area contributed by atoms with Gasteiger partial charge in [-0.2, -0.15) is 5.26 Å². The molecule has 1 rings (SSSR count). The molecule has 1 heterocycles. The predicted octanol–water partition coefficient (Wildman–Crippen LogP) is 1.16. The molecule has 0 radical (unpaired) electrons. The number of aliphatic hydroxyl groups excluding tert-OH is 1. The summed E-state index contributed by atoms with van der Waals surface area (Å²) in [5.41, 5.74) is 0. The van der Waals surface area contributed by atoms with Crippen molar-refractivity contribution in [2.45, 2.75) is 31.2 Å². The quantitative estimate of drug-likeness (QED) is 0.661. The first-order chi connectivity index (χ1) is 6.27. The van der Waals surface area contributed by atoms with Crippen molar-refractivity contribution in [3.05, 3.63) is 24.8 Å². The zero-order valence-corrected chi connectivity index (χ0v) is 7.39. The number of nitriles is 1. The van der Waals surface area contributed by atoms with Crippen LogP contribution in [0.1, 0.15) is 12.8 Å². The minimum Gasteiger partial charge on any atom is -0.386 e. The van der Waals surface area contributed by atoms with Crippen LogP contribution in [0.25, 0.3) is 0 Å². The zero-order chi connectivity index (χ0) is 9.68. The predicted molar refractivity (Wildman–Crippen MR) is 48.9 cm³/mol. The molecule has 70 valence electrons. The summed E-state index contributed by atoms with van der Waals surface area (Å²) in [6, 6.07) is 1.99. The van der Waals surface area contributed by atoms with Crippen LogP contribution < -0.4 is 0 Å². The first kappa shape index (κ1) is 9.97. The van der Waals surface area contributed by atoms with Crippen molar-refractivity contribution in [2.75, 3.05) is 0 Å². The first-order valence-electron chi connectivity index (χ1n) is 4.27. The number of nitrogens with zero attached hydrogens (tertiary/aromatic N) is 1. The van der Waals surface area contributed by atoms with Gasteiger partial charge in [-0.3, -0.25) is 0 Å². The standard InChI is InChI=1S/C10H13NO2/c1-2-3-8-4-5-9(12)10(13-8)6-7-11/h2,4-5,8-10,12H,1,3,6H2/t8-,9+,10-/m1/s1. The monoisotopic (exact) mass is 179 g/mol. The smallest absolute Gasteiger partial charge is 0.101 e. The van der Waals surface area contributed by atoms with E-state index in [4.69, 9.17) is 10.00 Å². The Kier molecular flexibility index (Phi) is 3.69. The van der Waals surface area contributed by atoms with Gasteiger partial charge in [0.15, 0.2) is 0 Å². The number of aliphatic hydroxyl groups is 1. The Bertz CT molecular complexity index is 242. The number of hydrogen-bond acceptors (Lipinski definition) is 3. The van der Waals surface area contributed by atoms with Gasteiger partial charge in [-0.05, 0) is 6.42 Å². The van der Waals surface area contributed by atoms with Gasteiger partial charge >= 0.3 is 0 Å². The van der Waals surface area contributed by atoms with E-state index in [0.29, 0.717) is 6.42 Å². The molecular weight excluding hydrogens is 166 g/mol. The Morgan fingerprint density at radius 3 is 3.00 bits per heavy atom. The second kappa shape index (κ2) is 4.80. The van der Waals surface area contributed by atoms with E-state index in [0.717, 1.165) is 0 Å². The van der Waals surface area contributed by atoms with Crippen LogP contribution in [0, 0.1) is 11.3 Å². The third-order valence-corrected chi connectivity index (χ3v) is 1.94. The highest BCUT2D eigenvalue weighted by atomic mass is 16.5. The van der Waals surface area contributed by atoms with E-state index in [1.807, 2.05) is 6.07 Å². The van der Waals surface area contributed by atoms with Crippen molar-refractivity contribution in [1.29, 1.82) is 5.26 Å². The summed E-state index contributed by atoms with van der Waals surface area (Å²) in [6.45, 7) is 3.60. The van der Waals surface area contributed by atoms with Gasteiger partial charge in [0.25, 0.3) is 0 Å². The molecule has 0 saturated carbocycles. The largest absolute Gasteiger partial charge is 0.386 e. The summed E-state index contributed by atoms with van der Waals surface area (Å²) < 4.78 is 5.45. The maximum atomic E-state index is 9.40. The fourth-order valence-electron chi connectivity index (χ4n) is 1.27. The number of rotatable bonds is 3. The van der Waals surface area contributed by atoms with Crippen LogP contribution in [0.2, 0.25) is 0 Å². The van der Waals surface area contributed by atoms with Gasteiger partial charge in [-0.1, -0.05) is 18.2 Å². The Balaban J connectivity index is 2.54. The number of hydrogen-bond donors (Lipinski definition) is 1. The van der Waals surface area contributed by atoms with Crippen molar-refractivity contribution in [2.24, 2.45) is 0 Å². The highest BCUT2D eigenvalue weighted by molar-refractivity contribution is 5.05. The molecule has 1 N–H and O–H groups in total. The molecule has 0 spiro atoms. The lowest BCUT2D eigenvalue weighted by Gasteiger charge is -2.27. The molecule has 0 unspecified atom stereocenters. The van der Waals surface area contributed by atoms with Gasteiger partial charge in [-0.15, -0.1) is 6.58 Å². The topological polar surface area (TPSA) is 53.2 Å². The fourth-order valence-corrected chi connectivity index (χ4v) is 1.27. The second-order valence-electron chi connectivity index (χ2n) is 2.98. The Morgan fingerprint density at radius 1 is 1.62 bits per heavy atom. The average Bonchev–Trinajstić information content (AvgIpc) is 2.12. The molecule has 0 aromatic heterocycles. The lowest BCUT2D eigenvalue weighted by Crippen LogP contribution is -2.34. The van der Waals surface area contributed by atoms with Gasteiger partial charge in [0.2, 0.25) is 0 Å². The van der Waals surface area contributed by atoms with Crippen molar-refractivity contribution >= 4 is 0 Å². The maximum Gasteiger partial charge on any atom is 0.101 e. The van der Waals surface area contributed by atoms with E-state index < -0.39 is 6.10 Å². The molecule has 0 bridgehead atoms. The summed E-state index contributed by atoms with van der Waals surface area (Å²) in [7, 11) is 0. The van der Waals surface area contributed by atoms with Crippen LogP contribution in [0.4, 0.5) is 0 Å². The van der Waals surface area contributed by atoms with Crippen molar-refractivity contribution in [1.82, 2.24) is 0 Å². The van der Waals surface area contributed by atoms with Gasteiger partial charge in [0.05, 0.1) is 24.7 Å². The summed E-state index contributed by atoms with van der Waals surface area (Å²) in [6.07, 6.45) is 5.10. The minimum absolute atomic E-state index is 0.0424. The summed E-state index contributed by atoms with van der Waals surface area (Å²) in [5.74, 6) is 0. The highest BCUT2D eigenvalue weighted by Crippen LogP contribution is 2.17. The lowest BCUT2D eigenvalue weighted by molar-refractivity contribution is -0.0517. The molecule has 3 atom stereocenters. The molecule has 0 amide bonds. The van der Waals surface area contributed by atoms with Crippen LogP contribution in [0.3, 0.4) is 0 Å². The van der Waals surface area contributed by atoms with Gasteiger partial charge in [0.1, 0.15) is 6.10 Å². The molecule has 1 aliphatic heterocycles. The average molecular weight is 179 g/mol. The lowest BCUT2D eigenvalue weighted by atomic mass is 10.1. The van der Waals surface area contributed by atoms with Crippen LogP contribution >= 0.6 is 0 Å². The van der Waals surface area contributed by atoms with E-state index in [1.54, 1.807) is 18.2 Å². The Hall–Kier alpha value is -1.11. The SMILES string of the molecule is C=CC[C@@H]1C=C[C@H](O)[C@@H](CC#N)O1. The molecule has 1 aliphatic rings. The normalized spacial score (nSPS) is 32.5. The maximum absolute atomic E-state index is 9.40. The summed E-state index contributed by atoms with van der Waals surface area (Å²) in [4.78, 5) is 0. The molecule has 0 aliphatic carbocycles. The van der Waals surface area contributed by atoms with Gasteiger partial charge < -0.3 is 9.84 Å². The third kappa shape index (κ3) is 2.69. The van der Waals surface area contributed by atoms with E-state index in [-0.39, 0.29) is 18.6 Å². The summed E-state index contributed by atoms with van der Waals surface area (Å²) in [5, 5.41) is 17.9. The van der Waals surface area contributed by atoms with Crippen molar-refractivity contribution < 1.29 is 9.84 Å². The summed E-state index contributed by atoms with van der Waals surface area (Å²) >= 11 is 0. The molecule has 0 fully saturated rings. The van der Waals surface area contributed by atoms with Crippen LogP contribution in [-0.4, -0.2) is 23.4 Å². The second-order valence-corrected chi connectivity index (χ2v) is 2.98. The molecule has 3 nitrogen and oxygen atoms in total. The Labute approximate surface area is 77.9 Å². The molecular formula is C10H13NO2. The Morgan fingerprint density at radius 2 is 2.38 bits per heavy atom. The zero-order valence-electron chi connectivity index (χ0n) is 7.39. The van der Waals surface area contributed by atoms with Crippen LogP contribution in [0.15, 0.2) is 24.8 Å². The van der Waals surface area contributed by atoms with Crippen LogP contribution in [0.5, 0.6) is 0 Å². The molecule has 13 heavy (non-hydrogen) atoms. The molecule has 3 heteroatoms. The third-order valence-electron chi connectivity index (χ3n) is 1.94. The van der Waals surface area contributed by atoms with Crippen molar-refractivity contribution in [3.8, 4) is 6.07 Å². The molecule has 0 aromatic rings. The van der Waals surface area contributed by atoms with Crippen molar-refractivity contribution in [3.63, 3.8) is 0 Å². The first-order valence-corrected chi connectivity index (χ1v) is 4.27. The van der Waals surface area contributed by atoms with Gasteiger partial charge in [0, 0.05) is 0 Å². The fraction of sp³-hybridized carbons (Fsp3) is 0.500. The van der Waals surface area contributed by atoms with E-state index in [2.05, 4.69) is 6.58 Å². The molecule has 0 aromatic carbocycles. The van der Waals surface area contributed by atoms with Crippen LogP contribution in [-0.2, 0) is 4.74 Å².